The number of hydrogen-bond acceptors (Lipinski definition) is 2. The highest BCUT2D eigenvalue weighted by atomic mass is 16.4. The lowest BCUT2D eigenvalue weighted by Crippen LogP contribution is -2.31. The minimum Gasteiger partial charge on any atom is -0.478 e. The van der Waals surface area contributed by atoms with Crippen molar-refractivity contribution in [1.29, 1.82) is 0 Å². The van der Waals surface area contributed by atoms with Crippen molar-refractivity contribution in [3.63, 3.8) is 0 Å². The van der Waals surface area contributed by atoms with E-state index in [-0.39, 0.29) is 17.4 Å². The van der Waals surface area contributed by atoms with Crippen molar-refractivity contribution in [3.05, 3.63) is 29.8 Å². The third kappa shape index (κ3) is 3.32. The van der Waals surface area contributed by atoms with Crippen LogP contribution in [-0.4, -0.2) is 24.0 Å². The second-order valence-electron chi connectivity index (χ2n) is 4.44. The predicted octanol–water partition coefficient (Wildman–Crippen LogP) is 2.78. The van der Waals surface area contributed by atoms with Crippen LogP contribution in [0.1, 0.15) is 37.0 Å². The molecule has 0 aliphatic heterocycles. The third-order valence-corrected chi connectivity index (χ3v) is 2.98. The SMILES string of the molecule is CCCC(C)C(=O)N(C)c1ccc(C(=O)O)cc1. The summed E-state index contributed by atoms with van der Waals surface area (Å²) in [4.78, 5) is 24.4. The van der Waals surface area contributed by atoms with E-state index in [1.165, 1.54) is 12.1 Å². The van der Waals surface area contributed by atoms with Gasteiger partial charge in [0.15, 0.2) is 0 Å². The highest BCUT2D eigenvalue weighted by Crippen LogP contribution is 2.18. The van der Waals surface area contributed by atoms with Gasteiger partial charge in [-0.1, -0.05) is 20.3 Å². The molecule has 1 aromatic carbocycles. The zero-order valence-corrected chi connectivity index (χ0v) is 11.0. The Kier molecular flexibility index (Phi) is 4.89. The molecular weight excluding hydrogens is 230 g/mol. The predicted molar refractivity (Wildman–Crippen MR) is 70.9 cm³/mol. The maximum atomic E-state index is 12.1. The Bertz CT molecular complexity index is 425. The van der Waals surface area contributed by atoms with Crippen LogP contribution in [-0.2, 0) is 4.79 Å². The molecule has 1 atom stereocenters. The van der Waals surface area contributed by atoms with Gasteiger partial charge >= 0.3 is 5.97 Å². The number of rotatable bonds is 5. The van der Waals surface area contributed by atoms with Crippen LogP contribution in [0.15, 0.2) is 24.3 Å². The fraction of sp³-hybridized carbons (Fsp3) is 0.429. The number of carbonyl (C=O) groups excluding carboxylic acids is 1. The van der Waals surface area contributed by atoms with Crippen LogP contribution in [0, 0.1) is 5.92 Å². The molecule has 0 saturated heterocycles. The number of carboxylic acid groups (broad SMARTS) is 1. The lowest BCUT2D eigenvalue weighted by Gasteiger charge is -2.21. The molecule has 1 N–H and O–H groups in total. The number of aromatic carboxylic acids is 1. The fourth-order valence-corrected chi connectivity index (χ4v) is 1.84. The Balaban J connectivity index is 2.80. The molecule has 4 nitrogen and oxygen atoms in total. The van der Waals surface area contributed by atoms with Crippen molar-refractivity contribution in [1.82, 2.24) is 0 Å². The second kappa shape index (κ2) is 6.19. The molecule has 0 aromatic heterocycles. The number of carbonyl (C=O) groups is 2. The molecule has 0 aliphatic carbocycles. The van der Waals surface area contributed by atoms with Crippen LogP contribution in [0.3, 0.4) is 0 Å². The number of nitrogens with zero attached hydrogens (tertiary/aromatic N) is 1. The summed E-state index contributed by atoms with van der Waals surface area (Å²) in [5.41, 5.74) is 0.939. The van der Waals surface area contributed by atoms with Gasteiger partial charge in [0, 0.05) is 18.7 Å². The normalized spacial score (nSPS) is 11.9. The van der Waals surface area contributed by atoms with E-state index in [0.29, 0.717) is 5.69 Å². The fourth-order valence-electron chi connectivity index (χ4n) is 1.84. The molecule has 1 aromatic rings. The Morgan fingerprint density at radius 1 is 1.28 bits per heavy atom. The average molecular weight is 249 g/mol. The first-order valence-corrected chi connectivity index (χ1v) is 6.08. The Hall–Kier alpha value is -1.84. The Labute approximate surface area is 107 Å². The van der Waals surface area contributed by atoms with Crippen molar-refractivity contribution in [2.45, 2.75) is 26.7 Å². The highest BCUT2D eigenvalue weighted by molar-refractivity contribution is 5.95. The van der Waals surface area contributed by atoms with E-state index in [1.807, 2.05) is 13.8 Å². The first-order chi connectivity index (χ1) is 8.47. The molecule has 0 bridgehead atoms. The van der Waals surface area contributed by atoms with Gasteiger partial charge in [-0.25, -0.2) is 4.79 Å². The molecule has 98 valence electrons. The Morgan fingerprint density at radius 2 is 1.83 bits per heavy atom. The first-order valence-electron chi connectivity index (χ1n) is 6.08. The van der Waals surface area contributed by atoms with Crippen LogP contribution in [0.5, 0.6) is 0 Å². The van der Waals surface area contributed by atoms with E-state index in [1.54, 1.807) is 24.1 Å². The van der Waals surface area contributed by atoms with Crippen LogP contribution < -0.4 is 4.90 Å². The summed E-state index contributed by atoms with van der Waals surface area (Å²) in [6.45, 7) is 3.96. The van der Waals surface area contributed by atoms with Crippen molar-refractivity contribution < 1.29 is 14.7 Å². The van der Waals surface area contributed by atoms with Crippen molar-refractivity contribution >= 4 is 17.6 Å². The lowest BCUT2D eigenvalue weighted by atomic mass is 10.0. The summed E-state index contributed by atoms with van der Waals surface area (Å²) in [5.74, 6) is -0.922. The average Bonchev–Trinajstić information content (AvgIpc) is 2.37. The largest absolute Gasteiger partial charge is 0.478 e. The van der Waals surface area contributed by atoms with Crippen molar-refractivity contribution in [2.24, 2.45) is 5.92 Å². The van der Waals surface area contributed by atoms with Gasteiger partial charge < -0.3 is 10.0 Å². The van der Waals surface area contributed by atoms with E-state index in [9.17, 15) is 9.59 Å². The smallest absolute Gasteiger partial charge is 0.335 e. The summed E-state index contributed by atoms with van der Waals surface area (Å²) in [6, 6.07) is 6.32. The van der Waals surface area contributed by atoms with Crippen LogP contribution >= 0.6 is 0 Å². The van der Waals surface area contributed by atoms with E-state index in [0.717, 1.165) is 12.8 Å². The third-order valence-electron chi connectivity index (χ3n) is 2.98. The summed E-state index contributed by atoms with van der Waals surface area (Å²) in [7, 11) is 1.71. The topological polar surface area (TPSA) is 57.6 Å². The quantitative estimate of drug-likeness (QED) is 0.873. The molecule has 0 radical (unpaired) electrons. The van der Waals surface area contributed by atoms with Crippen LogP contribution in [0.2, 0.25) is 0 Å². The summed E-state index contributed by atoms with van der Waals surface area (Å²) in [5, 5.41) is 8.80. The summed E-state index contributed by atoms with van der Waals surface area (Å²) >= 11 is 0. The zero-order valence-electron chi connectivity index (χ0n) is 11.0. The minimum absolute atomic E-state index is 0.0147. The minimum atomic E-state index is -0.963. The van der Waals surface area contributed by atoms with Crippen molar-refractivity contribution in [2.75, 3.05) is 11.9 Å². The monoisotopic (exact) mass is 249 g/mol. The number of anilines is 1. The van der Waals surface area contributed by atoms with Crippen molar-refractivity contribution in [3.8, 4) is 0 Å². The van der Waals surface area contributed by atoms with E-state index in [4.69, 9.17) is 5.11 Å². The van der Waals surface area contributed by atoms with Gasteiger partial charge in [0.2, 0.25) is 5.91 Å². The summed E-state index contributed by atoms with van der Waals surface area (Å²) < 4.78 is 0. The lowest BCUT2D eigenvalue weighted by molar-refractivity contribution is -0.121. The molecule has 1 unspecified atom stereocenters. The molecule has 0 heterocycles. The first kappa shape index (κ1) is 14.2. The number of hydrogen-bond donors (Lipinski definition) is 1. The standard InChI is InChI=1S/C14H19NO3/c1-4-5-10(2)13(16)15(3)12-8-6-11(7-9-12)14(17)18/h6-10H,4-5H2,1-3H3,(H,17,18). The van der Waals surface area contributed by atoms with Crippen LogP contribution in [0.4, 0.5) is 5.69 Å². The molecule has 18 heavy (non-hydrogen) atoms. The van der Waals surface area contributed by atoms with Gasteiger partial charge in [-0.15, -0.1) is 0 Å². The summed E-state index contributed by atoms with van der Waals surface area (Å²) in [6.07, 6.45) is 1.83. The van der Waals surface area contributed by atoms with E-state index < -0.39 is 5.97 Å². The van der Waals surface area contributed by atoms with Gasteiger partial charge in [0.25, 0.3) is 0 Å². The Morgan fingerprint density at radius 3 is 2.28 bits per heavy atom. The maximum Gasteiger partial charge on any atom is 0.335 e. The number of benzene rings is 1. The number of carboxylic acids is 1. The molecule has 4 heteroatoms. The molecule has 0 spiro atoms. The van der Waals surface area contributed by atoms with Gasteiger partial charge in [-0.3, -0.25) is 4.79 Å². The molecule has 0 saturated carbocycles. The zero-order chi connectivity index (χ0) is 13.7. The van der Waals surface area contributed by atoms with Gasteiger partial charge in [0.05, 0.1) is 5.56 Å². The maximum absolute atomic E-state index is 12.1. The van der Waals surface area contributed by atoms with Gasteiger partial charge in [0.1, 0.15) is 0 Å². The van der Waals surface area contributed by atoms with Gasteiger partial charge in [-0.05, 0) is 30.7 Å². The molecule has 0 aliphatic rings. The molecule has 1 rings (SSSR count). The van der Waals surface area contributed by atoms with Gasteiger partial charge in [-0.2, -0.15) is 0 Å². The second-order valence-corrected chi connectivity index (χ2v) is 4.44. The number of amides is 1. The highest BCUT2D eigenvalue weighted by Gasteiger charge is 2.17. The van der Waals surface area contributed by atoms with Crippen LogP contribution in [0.25, 0.3) is 0 Å². The molecule has 1 amide bonds. The molecule has 0 fully saturated rings. The van der Waals surface area contributed by atoms with E-state index >= 15 is 0 Å². The molecular formula is C14H19NO3. The van der Waals surface area contributed by atoms with E-state index in [2.05, 4.69) is 0 Å².